The van der Waals surface area contributed by atoms with E-state index >= 15 is 0 Å². The summed E-state index contributed by atoms with van der Waals surface area (Å²) in [7, 11) is 0. The molecule has 2 saturated heterocycles. The third-order valence-electron chi connectivity index (χ3n) is 6.46. The predicted molar refractivity (Wildman–Crippen MR) is 123 cm³/mol. The molecule has 5 rings (SSSR count). The lowest BCUT2D eigenvalue weighted by Crippen LogP contribution is -2.41. The zero-order valence-electron chi connectivity index (χ0n) is 18.7. The van der Waals surface area contributed by atoms with Gasteiger partial charge in [0.05, 0.1) is 35.6 Å². The predicted octanol–water partition coefficient (Wildman–Crippen LogP) is 2.83. The average Bonchev–Trinajstić information content (AvgIpc) is 2.88. The van der Waals surface area contributed by atoms with Crippen molar-refractivity contribution in [3.8, 4) is 0 Å². The van der Waals surface area contributed by atoms with Crippen LogP contribution in [0.2, 0.25) is 0 Å². The van der Waals surface area contributed by atoms with E-state index in [2.05, 4.69) is 15.0 Å². The summed E-state index contributed by atoms with van der Waals surface area (Å²) in [6.07, 6.45) is 5.15. The van der Waals surface area contributed by atoms with E-state index in [0.29, 0.717) is 62.0 Å². The normalized spacial score (nSPS) is 19.0. The van der Waals surface area contributed by atoms with Gasteiger partial charge >= 0.3 is 0 Å². The standard InChI is InChI=1S/C25H27N5O3/c1-17-21(25(32)29-11-13-33-14-12-29)15-27-23(28-17)19-7-4-10-30(16-19)24(31)20-8-2-5-18-6-3-9-26-22(18)20/h2-3,5-6,8-9,15,19H,4,7,10-14,16H2,1H3. The lowest BCUT2D eigenvalue weighted by molar-refractivity contribution is 0.0301. The second kappa shape index (κ2) is 9.23. The van der Waals surface area contributed by atoms with Crippen molar-refractivity contribution >= 4 is 22.7 Å². The molecule has 33 heavy (non-hydrogen) atoms. The van der Waals surface area contributed by atoms with Gasteiger partial charge in [-0.3, -0.25) is 14.6 Å². The zero-order chi connectivity index (χ0) is 22.8. The Hall–Kier alpha value is -3.39. The largest absolute Gasteiger partial charge is 0.378 e. The molecule has 170 valence electrons. The molecule has 0 bridgehead atoms. The van der Waals surface area contributed by atoms with Crippen molar-refractivity contribution in [1.29, 1.82) is 0 Å². The van der Waals surface area contributed by atoms with Gasteiger partial charge in [0.25, 0.3) is 11.8 Å². The molecule has 0 saturated carbocycles. The smallest absolute Gasteiger partial charge is 0.257 e. The van der Waals surface area contributed by atoms with Gasteiger partial charge in [-0.1, -0.05) is 18.2 Å². The Morgan fingerprint density at radius 3 is 2.58 bits per heavy atom. The van der Waals surface area contributed by atoms with Crippen molar-refractivity contribution in [3.05, 3.63) is 65.4 Å². The molecule has 2 aliphatic heterocycles. The topological polar surface area (TPSA) is 88.5 Å². The highest BCUT2D eigenvalue weighted by Crippen LogP contribution is 2.27. The molecule has 0 spiro atoms. The van der Waals surface area contributed by atoms with Crippen LogP contribution in [-0.4, -0.2) is 76.0 Å². The molecule has 0 radical (unpaired) electrons. The van der Waals surface area contributed by atoms with Crippen molar-refractivity contribution in [3.63, 3.8) is 0 Å². The quantitative estimate of drug-likeness (QED) is 0.616. The van der Waals surface area contributed by atoms with E-state index in [-0.39, 0.29) is 17.7 Å². The first kappa shape index (κ1) is 21.5. The summed E-state index contributed by atoms with van der Waals surface area (Å²) < 4.78 is 5.34. The van der Waals surface area contributed by atoms with E-state index in [1.54, 1.807) is 17.3 Å². The fourth-order valence-electron chi connectivity index (χ4n) is 4.65. The van der Waals surface area contributed by atoms with Crippen LogP contribution in [0.15, 0.2) is 42.7 Å². The number of pyridine rings is 1. The van der Waals surface area contributed by atoms with Gasteiger partial charge in [-0.25, -0.2) is 9.97 Å². The number of aromatic nitrogens is 3. The number of benzene rings is 1. The summed E-state index contributed by atoms with van der Waals surface area (Å²) in [5.74, 6) is 0.669. The van der Waals surface area contributed by atoms with Crippen molar-refractivity contribution in [2.75, 3.05) is 39.4 Å². The Labute approximate surface area is 192 Å². The van der Waals surface area contributed by atoms with Crippen molar-refractivity contribution < 1.29 is 14.3 Å². The van der Waals surface area contributed by atoms with Gasteiger partial charge in [0.2, 0.25) is 0 Å². The first-order chi connectivity index (χ1) is 16.1. The molecule has 2 amide bonds. The van der Waals surface area contributed by atoms with Gasteiger partial charge in [-0.15, -0.1) is 0 Å². The molecule has 1 aromatic carbocycles. The lowest BCUT2D eigenvalue weighted by atomic mass is 9.96. The number of likely N-dealkylation sites (tertiary alicyclic amines) is 1. The number of nitrogens with zero attached hydrogens (tertiary/aromatic N) is 5. The summed E-state index contributed by atoms with van der Waals surface area (Å²) in [4.78, 5) is 43.5. The summed E-state index contributed by atoms with van der Waals surface area (Å²) in [5, 5.41) is 0.955. The van der Waals surface area contributed by atoms with Crippen LogP contribution in [0.4, 0.5) is 0 Å². The number of morpholine rings is 1. The van der Waals surface area contributed by atoms with Crippen molar-refractivity contribution in [2.24, 2.45) is 0 Å². The molecule has 0 aliphatic carbocycles. The van der Waals surface area contributed by atoms with Crippen LogP contribution >= 0.6 is 0 Å². The van der Waals surface area contributed by atoms with Crippen LogP contribution in [-0.2, 0) is 4.74 Å². The number of carbonyl (C=O) groups is 2. The number of fused-ring (bicyclic) bond motifs is 1. The fourth-order valence-corrected chi connectivity index (χ4v) is 4.65. The Balaban J connectivity index is 1.34. The number of hydrogen-bond acceptors (Lipinski definition) is 6. The van der Waals surface area contributed by atoms with Crippen LogP contribution in [0.5, 0.6) is 0 Å². The maximum absolute atomic E-state index is 13.4. The minimum absolute atomic E-state index is 0.0140. The van der Waals surface area contributed by atoms with Gasteiger partial charge in [0, 0.05) is 49.9 Å². The zero-order valence-corrected chi connectivity index (χ0v) is 18.7. The summed E-state index contributed by atoms with van der Waals surface area (Å²) in [6.45, 7) is 5.39. The summed E-state index contributed by atoms with van der Waals surface area (Å²) >= 11 is 0. The second-order valence-electron chi connectivity index (χ2n) is 8.60. The molecule has 3 aromatic rings. The fraction of sp³-hybridized carbons (Fsp3) is 0.400. The van der Waals surface area contributed by atoms with E-state index in [9.17, 15) is 9.59 Å². The number of para-hydroxylation sites is 1. The number of rotatable bonds is 3. The highest BCUT2D eigenvalue weighted by molar-refractivity contribution is 6.05. The molecular formula is C25H27N5O3. The highest BCUT2D eigenvalue weighted by Gasteiger charge is 2.29. The van der Waals surface area contributed by atoms with E-state index in [1.807, 2.05) is 42.2 Å². The van der Waals surface area contributed by atoms with Crippen LogP contribution < -0.4 is 0 Å². The highest BCUT2D eigenvalue weighted by atomic mass is 16.5. The minimum atomic E-state index is -0.0498. The maximum atomic E-state index is 13.4. The summed E-state index contributed by atoms with van der Waals surface area (Å²) in [6, 6.07) is 9.55. The van der Waals surface area contributed by atoms with Crippen LogP contribution in [0.3, 0.4) is 0 Å². The first-order valence-corrected chi connectivity index (χ1v) is 11.5. The summed E-state index contributed by atoms with van der Waals surface area (Å²) in [5.41, 5.74) is 2.56. The number of piperidine rings is 1. The maximum Gasteiger partial charge on any atom is 0.257 e. The average molecular weight is 446 g/mol. The third-order valence-corrected chi connectivity index (χ3v) is 6.46. The minimum Gasteiger partial charge on any atom is -0.378 e. The Morgan fingerprint density at radius 1 is 0.970 bits per heavy atom. The van der Waals surface area contributed by atoms with E-state index < -0.39 is 0 Å². The third kappa shape index (κ3) is 4.30. The monoisotopic (exact) mass is 445 g/mol. The van der Waals surface area contributed by atoms with Crippen LogP contribution in [0, 0.1) is 6.92 Å². The second-order valence-corrected chi connectivity index (χ2v) is 8.60. The molecular weight excluding hydrogens is 418 g/mol. The Morgan fingerprint density at radius 2 is 1.76 bits per heavy atom. The molecule has 8 nitrogen and oxygen atoms in total. The van der Waals surface area contributed by atoms with Gasteiger partial charge in [0.15, 0.2) is 0 Å². The van der Waals surface area contributed by atoms with Gasteiger partial charge < -0.3 is 14.5 Å². The Bertz CT molecular complexity index is 1190. The van der Waals surface area contributed by atoms with Crippen LogP contribution in [0.1, 0.15) is 51.0 Å². The first-order valence-electron chi connectivity index (χ1n) is 11.5. The van der Waals surface area contributed by atoms with Gasteiger partial charge in [-0.05, 0) is 31.9 Å². The van der Waals surface area contributed by atoms with Crippen molar-refractivity contribution in [1.82, 2.24) is 24.8 Å². The number of carbonyl (C=O) groups excluding carboxylic acids is 2. The molecule has 8 heteroatoms. The molecule has 2 aromatic heterocycles. The SMILES string of the molecule is Cc1nc(C2CCCN(C(=O)c3cccc4cccnc34)C2)ncc1C(=O)N1CCOCC1. The van der Waals surface area contributed by atoms with Crippen LogP contribution in [0.25, 0.3) is 10.9 Å². The van der Waals surface area contributed by atoms with Gasteiger partial charge in [0.1, 0.15) is 5.82 Å². The lowest BCUT2D eigenvalue weighted by Gasteiger charge is -2.32. The number of hydrogen-bond donors (Lipinski definition) is 0. The number of aryl methyl sites for hydroxylation is 1. The van der Waals surface area contributed by atoms with Crippen molar-refractivity contribution in [2.45, 2.75) is 25.7 Å². The molecule has 2 fully saturated rings. The number of amides is 2. The molecule has 4 heterocycles. The van der Waals surface area contributed by atoms with E-state index in [4.69, 9.17) is 4.74 Å². The Kier molecular flexibility index (Phi) is 6.00. The molecule has 2 aliphatic rings. The van der Waals surface area contributed by atoms with E-state index in [0.717, 1.165) is 23.7 Å². The van der Waals surface area contributed by atoms with Gasteiger partial charge in [-0.2, -0.15) is 0 Å². The molecule has 1 atom stereocenters. The van der Waals surface area contributed by atoms with E-state index in [1.165, 1.54) is 0 Å². The molecule has 0 N–H and O–H groups in total. The number of ether oxygens (including phenoxy) is 1. The molecule has 1 unspecified atom stereocenters.